The summed E-state index contributed by atoms with van der Waals surface area (Å²) in [5.41, 5.74) is 35.5. The molecule has 0 aromatic heterocycles. The molecule has 0 fully saturated rings. The molecule has 6 aromatic carbocycles. The van der Waals surface area contributed by atoms with Gasteiger partial charge in [0.1, 0.15) is 23.0 Å². The molecule has 0 heterocycles. The minimum absolute atomic E-state index is 0.120. The second kappa shape index (κ2) is 14.5. The van der Waals surface area contributed by atoms with E-state index >= 15 is 0 Å². The summed E-state index contributed by atoms with van der Waals surface area (Å²) in [5.74, 6) is 2.26. The molecule has 0 amide bonds. The van der Waals surface area contributed by atoms with Crippen LogP contribution in [0.5, 0.6) is 23.0 Å². The fourth-order valence-electron chi connectivity index (χ4n) is 6.52. The molecule has 0 aliphatic rings. The fraction of sp³-hybridized carbons (Fsp3) is 0.143. The van der Waals surface area contributed by atoms with Crippen LogP contribution < -0.4 is 41.9 Å². The Morgan fingerprint density at radius 2 is 0.540 bits per heavy atom. The number of benzene rings is 6. The smallest absolute Gasteiger partial charge is 0.142 e. The Balaban J connectivity index is 1.37. The highest BCUT2D eigenvalue weighted by Crippen LogP contribution is 2.41. The first kappa shape index (κ1) is 33.6. The van der Waals surface area contributed by atoms with Gasteiger partial charge in [0.05, 0.1) is 51.2 Å². The van der Waals surface area contributed by atoms with Crippen LogP contribution in [0.4, 0.5) is 22.7 Å². The highest BCUT2D eigenvalue weighted by molar-refractivity contribution is 5.67. The van der Waals surface area contributed by atoms with E-state index in [0.717, 1.165) is 44.5 Å². The maximum absolute atomic E-state index is 6.18. The van der Waals surface area contributed by atoms with Crippen LogP contribution in [0.2, 0.25) is 0 Å². The van der Waals surface area contributed by atoms with Gasteiger partial charge in [-0.1, -0.05) is 72.8 Å². The van der Waals surface area contributed by atoms with E-state index in [4.69, 9.17) is 41.9 Å². The summed E-state index contributed by atoms with van der Waals surface area (Å²) in [6.45, 7) is 0. The van der Waals surface area contributed by atoms with Crippen molar-refractivity contribution in [2.45, 2.75) is 11.8 Å². The summed E-state index contributed by atoms with van der Waals surface area (Å²) in [6, 6.07) is 40.8. The number of methoxy groups -OCH3 is 4. The van der Waals surface area contributed by atoms with Gasteiger partial charge in [0.2, 0.25) is 0 Å². The van der Waals surface area contributed by atoms with Gasteiger partial charge in [0, 0.05) is 11.8 Å². The summed E-state index contributed by atoms with van der Waals surface area (Å²) in [7, 11) is 6.49. The number of nitrogens with two attached hydrogens (primary N) is 4. The lowest BCUT2D eigenvalue weighted by molar-refractivity contribution is 0.415. The van der Waals surface area contributed by atoms with Gasteiger partial charge >= 0.3 is 0 Å². The number of hydrogen-bond acceptors (Lipinski definition) is 8. The molecule has 50 heavy (non-hydrogen) atoms. The zero-order valence-electron chi connectivity index (χ0n) is 28.6. The highest BCUT2D eigenvalue weighted by Gasteiger charge is 2.22. The molecular weight excluding hydrogens is 624 g/mol. The van der Waals surface area contributed by atoms with E-state index in [-0.39, 0.29) is 11.8 Å². The third-order valence-electron chi connectivity index (χ3n) is 9.18. The Labute approximate surface area is 293 Å². The van der Waals surface area contributed by atoms with E-state index in [1.165, 1.54) is 0 Å². The molecule has 0 atom stereocenters. The topological polar surface area (TPSA) is 141 Å². The number of anilines is 4. The molecule has 6 aromatic rings. The molecule has 0 radical (unpaired) electrons. The summed E-state index contributed by atoms with van der Waals surface area (Å²) in [6.07, 6.45) is 0. The lowest BCUT2D eigenvalue weighted by Gasteiger charge is -2.22. The molecule has 8 nitrogen and oxygen atoms in total. The highest BCUT2D eigenvalue weighted by atomic mass is 16.5. The standard InChI is InChI=1S/C42H42N4O4/c1-47-37-21-29(13-17-33(37)43)41(30-14-18-34(44)38(22-30)48-2)27-9-5-25(6-10-27)26-7-11-28(12-8-26)42(31-15-19-35(45)39(23-31)49-3)32-16-20-36(46)40(24-32)50-4/h5-24,41-42H,43-46H2,1-4H3. The van der Waals surface area contributed by atoms with Crippen molar-refractivity contribution in [3.05, 3.63) is 155 Å². The predicted molar refractivity (Wildman–Crippen MR) is 203 cm³/mol. The summed E-state index contributed by atoms with van der Waals surface area (Å²) >= 11 is 0. The zero-order chi connectivity index (χ0) is 35.4. The van der Waals surface area contributed by atoms with Crippen molar-refractivity contribution in [3.8, 4) is 34.1 Å². The van der Waals surface area contributed by atoms with Crippen molar-refractivity contribution in [3.63, 3.8) is 0 Å². The summed E-state index contributed by atoms with van der Waals surface area (Å²) < 4.78 is 22.3. The fourth-order valence-corrected chi connectivity index (χ4v) is 6.52. The molecule has 254 valence electrons. The molecule has 6 rings (SSSR count). The van der Waals surface area contributed by atoms with Crippen LogP contribution in [0.25, 0.3) is 11.1 Å². The molecule has 0 spiro atoms. The molecule has 8 heteroatoms. The van der Waals surface area contributed by atoms with Crippen molar-refractivity contribution in [1.82, 2.24) is 0 Å². The lowest BCUT2D eigenvalue weighted by atomic mass is 9.83. The largest absolute Gasteiger partial charge is 0.495 e. The third-order valence-corrected chi connectivity index (χ3v) is 9.18. The Kier molecular flexibility index (Phi) is 9.72. The monoisotopic (exact) mass is 666 g/mol. The van der Waals surface area contributed by atoms with Crippen LogP contribution >= 0.6 is 0 Å². The first-order valence-corrected chi connectivity index (χ1v) is 16.2. The number of ether oxygens (including phenoxy) is 4. The molecular formula is C42H42N4O4. The maximum Gasteiger partial charge on any atom is 0.142 e. The minimum atomic E-state index is -0.120. The van der Waals surface area contributed by atoms with Gasteiger partial charge < -0.3 is 41.9 Å². The van der Waals surface area contributed by atoms with Crippen LogP contribution in [0, 0.1) is 0 Å². The van der Waals surface area contributed by atoms with Crippen LogP contribution in [0.1, 0.15) is 45.2 Å². The van der Waals surface area contributed by atoms with Crippen LogP contribution in [-0.2, 0) is 0 Å². The number of hydrogen-bond donors (Lipinski definition) is 4. The van der Waals surface area contributed by atoms with Crippen molar-refractivity contribution >= 4 is 22.7 Å². The average Bonchev–Trinajstić information content (AvgIpc) is 3.15. The Morgan fingerprint density at radius 1 is 0.320 bits per heavy atom. The van der Waals surface area contributed by atoms with Crippen LogP contribution in [0.3, 0.4) is 0 Å². The molecule has 0 bridgehead atoms. The van der Waals surface area contributed by atoms with Gasteiger partial charge in [-0.2, -0.15) is 0 Å². The maximum atomic E-state index is 6.18. The van der Waals surface area contributed by atoms with Gasteiger partial charge in [-0.05, 0) is 93.0 Å². The van der Waals surface area contributed by atoms with Gasteiger partial charge in [-0.3, -0.25) is 0 Å². The average molecular weight is 667 g/mol. The minimum Gasteiger partial charge on any atom is -0.495 e. The van der Waals surface area contributed by atoms with Crippen molar-refractivity contribution in [2.75, 3.05) is 51.4 Å². The second-order valence-corrected chi connectivity index (χ2v) is 12.1. The van der Waals surface area contributed by atoms with Gasteiger partial charge in [0.15, 0.2) is 0 Å². The van der Waals surface area contributed by atoms with Crippen LogP contribution in [0.15, 0.2) is 121 Å². The Hall–Kier alpha value is -6.28. The summed E-state index contributed by atoms with van der Waals surface area (Å²) in [5, 5.41) is 0. The van der Waals surface area contributed by atoms with Gasteiger partial charge in [-0.15, -0.1) is 0 Å². The summed E-state index contributed by atoms with van der Waals surface area (Å²) in [4.78, 5) is 0. The predicted octanol–water partition coefficient (Wildman–Crippen LogP) is 8.08. The normalized spacial score (nSPS) is 11.1. The van der Waals surface area contributed by atoms with E-state index in [1.54, 1.807) is 28.4 Å². The molecule has 0 unspecified atom stereocenters. The first-order valence-electron chi connectivity index (χ1n) is 16.2. The molecule has 0 saturated heterocycles. The Morgan fingerprint density at radius 3 is 0.760 bits per heavy atom. The van der Waals surface area contributed by atoms with E-state index in [0.29, 0.717) is 45.7 Å². The molecule has 0 aliphatic carbocycles. The zero-order valence-corrected chi connectivity index (χ0v) is 28.6. The van der Waals surface area contributed by atoms with Gasteiger partial charge in [-0.25, -0.2) is 0 Å². The van der Waals surface area contributed by atoms with E-state index in [9.17, 15) is 0 Å². The number of nitrogen functional groups attached to an aromatic ring is 4. The lowest BCUT2D eigenvalue weighted by Crippen LogP contribution is -2.06. The van der Waals surface area contributed by atoms with E-state index in [2.05, 4.69) is 48.5 Å². The number of rotatable bonds is 11. The van der Waals surface area contributed by atoms with Crippen molar-refractivity contribution < 1.29 is 18.9 Å². The molecule has 8 N–H and O–H groups in total. The molecule has 0 aliphatic heterocycles. The second-order valence-electron chi connectivity index (χ2n) is 12.1. The van der Waals surface area contributed by atoms with Crippen LogP contribution in [-0.4, -0.2) is 28.4 Å². The Bertz CT molecular complexity index is 1850. The SMILES string of the molecule is COc1cc(C(c2ccc(-c3ccc(C(c4ccc(N)c(OC)c4)c4ccc(N)c(OC)c4)cc3)cc2)c2ccc(N)c(OC)c2)ccc1N. The van der Waals surface area contributed by atoms with E-state index < -0.39 is 0 Å². The molecule has 0 saturated carbocycles. The first-order chi connectivity index (χ1) is 24.2. The van der Waals surface area contributed by atoms with E-state index in [1.807, 2.05) is 72.8 Å². The van der Waals surface area contributed by atoms with Crippen molar-refractivity contribution in [1.29, 1.82) is 0 Å². The quantitative estimate of drug-likeness (QED) is 0.0804. The van der Waals surface area contributed by atoms with Gasteiger partial charge in [0.25, 0.3) is 0 Å². The van der Waals surface area contributed by atoms with Crippen molar-refractivity contribution in [2.24, 2.45) is 0 Å². The third kappa shape index (κ3) is 6.69.